The van der Waals surface area contributed by atoms with Crippen LogP contribution in [0.25, 0.3) is 0 Å². The molecule has 0 unspecified atom stereocenters. The summed E-state index contributed by atoms with van der Waals surface area (Å²) in [5, 5.41) is 15.6. The van der Waals surface area contributed by atoms with E-state index in [1.54, 1.807) is 19.0 Å². The Hall–Kier alpha value is -1.14. The maximum Gasteiger partial charge on any atom is 0.317 e. The zero-order chi connectivity index (χ0) is 10.1. The average molecular weight is 178 g/mol. The van der Waals surface area contributed by atoms with Crippen molar-refractivity contribution in [2.24, 2.45) is 5.73 Å². The summed E-state index contributed by atoms with van der Waals surface area (Å²) >= 11 is 0. The highest BCUT2D eigenvalue weighted by Gasteiger charge is 1.94. The third-order valence-electron chi connectivity index (χ3n) is 0.626. The van der Waals surface area contributed by atoms with E-state index in [-0.39, 0.29) is 13.1 Å². The first-order valence-corrected chi connectivity index (χ1v) is 3.18. The lowest BCUT2D eigenvalue weighted by Crippen LogP contribution is -2.20. The summed E-state index contributed by atoms with van der Waals surface area (Å²) in [6.45, 7) is -0.167. The Morgan fingerprint density at radius 2 is 1.58 bits per heavy atom. The summed E-state index contributed by atoms with van der Waals surface area (Å²) < 4.78 is 0. The molecule has 72 valence electrons. The minimum absolute atomic E-state index is 0.111. The Morgan fingerprint density at radius 1 is 1.25 bits per heavy atom. The van der Waals surface area contributed by atoms with E-state index in [4.69, 9.17) is 10.2 Å². The number of aliphatic carboxylic acids is 2. The van der Waals surface area contributed by atoms with Crippen LogP contribution < -0.4 is 5.73 Å². The molecule has 6 nitrogen and oxygen atoms in total. The molecule has 0 aliphatic carbocycles. The smallest absolute Gasteiger partial charge is 0.317 e. The van der Waals surface area contributed by atoms with E-state index in [9.17, 15) is 9.59 Å². The van der Waals surface area contributed by atoms with Gasteiger partial charge < -0.3 is 15.9 Å². The van der Waals surface area contributed by atoms with Crippen molar-refractivity contribution in [1.82, 2.24) is 4.90 Å². The molecular weight excluding hydrogens is 164 g/mol. The third-order valence-corrected chi connectivity index (χ3v) is 0.626. The molecule has 0 aliphatic heterocycles. The third kappa shape index (κ3) is 23.2. The van der Waals surface area contributed by atoms with Crippen LogP contribution >= 0.6 is 0 Å². The quantitative estimate of drug-likeness (QED) is 0.494. The molecule has 12 heavy (non-hydrogen) atoms. The molecule has 0 heterocycles. The molecule has 6 heteroatoms. The summed E-state index contributed by atoms with van der Waals surface area (Å²) in [6, 6.07) is 0. The van der Waals surface area contributed by atoms with Gasteiger partial charge >= 0.3 is 11.9 Å². The summed E-state index contributed by atoms with van der Waals surface area (Å²) in [7, 11) is 3.43. The normalized spacial score (nSPS) is 8.67. The zero-order valence-corrected chi connectivity index (χ0v) is 7.15. The monoisotopic (exact) mass is 178 g/mol. The molecule has 0 spiro atoms. The van der Waals surface area contributed by atoms with Crippen LogP contribution in [0.2, 0.25) is 0 Å². The summed E-state index contributed by atoms with van der Waals surface area (Å²) in [4.78, 5) is 20.6. The van der Waals surface area contributed by atoms with E-state index >= 15 is 0 Å². The highest BCUT2D eigenvalue weighted by Crippen LogP contribution is 1.69. The number of nitrogens with zero attached hydrogens (tertiary/aromatic N) is 1. The Bertz CT molecular complexity index is 146. The van der Waals surface area contributed by atoms with Crippen molar-refractivity contribution in [2.75, 3.05) is 27.2 Å². The van der Waals surface area contributed by atoms with Crippen molar-refractivity contribution in [3.05, 3.63) is 0 Å². The first-order valence-electron chi connectivity index (χ1n) is 3.18. The Kier molecular flexibility index (Phi) is 8.92. The van der Waals surface area contributed by atoms with Gasteiger partial charge in [-0.05, 0) is 14.1 Å². The maximum atomic E-state index is 9.77. The molecule has 0 aromatic rings. The second kappa shape index (κ2) is 7.96. The highest BCUT2D eigenvalue weighted by molar-refractivity contribution is 5.69. The lowest BCUT2D eigenvalue weighted by Gasteiger charge is -2.01. The molecule has 0 bridgehead atoms. The van der Waals surface area contributed by atoms with Gasteiger partial charge in [-0.3, -0.25) is 14.5 Å². The first-order chi connectivity index (χ1) is 5.40. The van der Waals surface area contributed by atoms with Gasteiger partial charge in [0.05, 0.1) is 13.1 Å². The number of likely N-dealkylation sites (N-methyl/N-ethyl adjacent to an activating group) is 1. The van der Waals surface area contributed by atoms with Crippen molar-refractivity contribution < 1.29 is 19.8 Å². The number of carboxylic acids is 2. The number of nitrogens with two attached hydrogens (primary N) is 1. The van der Waals surface area contributed by atoms with E-state index < -0.39 is 11.9 Å². The minimum Gasteiger partial charge on any atom is -0.480 e. The van der Waals surface area contributed by atoms with E-state index in [0.29, 0.717) is 0 Å². The van der Waals surface area contributed by atoms with Crippen LogP contribution in [-0.2, 0) is 9.59 Å². The molecule has 0 saturated heterocycles. The van der Waals surface area contributed by atoms with Gasteiger partial charge in [0.15, 0.2) is 0 Å². The lowest BCUT2D eigenvalue weighted by molar-refractivity contribution is -0.138. The predicted octanol–water partition coefficient (Wildman–Crippen LogP) is -1.34. The number of hydrogen-bond donors (Lipinski definition) is 3. The SMILES string of the molecule is CN(C)CC(=O)O.NCC(=O)O. The van der Waals surface area contributed by atoms with Crippen molar-refractivity contribution >= 4 is 11.9 Å². The van der Waals surface area contributed by atoms with Gasteiger partial charge in [-0.15, -0.1) is 0 Å². The zero-order valence-electron chi connectivity index (χ0n) is 7.15. The maximum absolute atomic E-state index is 9.77. The minimum atomic E-state index is -0.968. The Morgan fingerprint density at radius 3 is 1.58 bits per heavy atom. The molecule has 0 fully saturated rings. The first kappa shape index (κ1) is 13.4. The van der Waals surface area contributed by atoms with Crippen LogP contribution in [0.4, 0.5) is 0 Å². The van der Waals surface area contributed by atoms with Crippen LogP contribution in [0.1, 0.15) is 0 Å². The lowest BCUT2D eigenvalue weighted by atomic mass is 10.6. The molecular formula is C6H14N2O4. The predicted molar refractivity (Wildman–Crippen MR) is 42.9 cm³/mol. The second-order valence-electron chi connectivity index (χ2n) is 2.23. The molecule has 0 aromatic carbocycles. The summed E-state index contributed by atoms with van der Waals surface area (Å²) in [5.41, 5.74) is 4.57. The molecule has 0 atom stereocenters. The topological polar surface area (TPSA) is 104 Å². The van der Waals surface area contributed by atoms with E-state index in [1.165, 1.54) is 0 Å². The molecule has 4 N–H and O–H groups in total. The van der Waals surface area contributed by atoms with E-state index in [2.05, 4.69) is 5.73 Å². The fourth-order valence-electron chi connectivity index (χ4n) is 0.271. The molecule has 0 aromatic heterocycles. The summed E-state index contributed by atoms with van der Waals surface area (Å²) in [6.07, 6.45) is 0. The van der Waals surface area contributed by atoms with Gasteiger partial charge in [-0.25, -0.2) is 0 Å². The molecule has 0 rings (SSSR count). The molecule has 0 amide bonds. The van der Waals surface area contributed by atoms with E-state index in [0.717, 1.165) is 0 Å². The van der Waals surface area contributed by atoms with Crippen LogP contribution in [0.5, 0.6) is 0 Å². The van der Waals surface area contributed by atoms with Gasteiger partial charge in [0, 0.05) is 0 Å². The molecule has 0 radical (unpaired) electrons. The highest BCUT2D eigenvalue weighted by atomic mass is 16.4. The number of carbonyl (C=O) groups is 2. The standard InChI is InChI=1S/C4H9NO2.C2H5NO2/c1-5(2)3-4(6)7;3-1-2(4)5/h3H2,1-2H3,(H,6,7);1,3H2,(H,4,5). The number of carboxylic acid groups (broad SMARTS) is 2. The number of hydrogen-bond acceptors (Lipinski definition) is 4. The van der Waals surface area contributed by atoms with Crippen molar-refractivity contribution in [3.8, 4) is 0 Å². The molecule has 0 saturated carbocycles. The van der Waals surface area contributed by atoms with Crippen molar-refractivity contribution in [1.29, 1.82) is 0 Å². The van der Waals surface area contributed by atoms with Gasteiger partial charge in [-0.1, -0.05) is 0 Å². The molecule has 0 aliphatic rings. The summed E-state index contributed by atoms with van der Waals surface area (Å²) in [5.74, 6) is -1.75. The fourth-order valence-corrected chi connectivity index (χ4v) is 0.271. The van der Waals surface area contributed by atoms with Crippen LogP contribution in [0.3, 0.4) is 0 Å². The van der Waals surface area contributed by atoms with Crippen LogP contribution in [-0.4, -0.2) is 54.2 Å². The van der Waals surface area contributed by atoms with E-state index in [1.807, 2.05) is 0 Å². The van der Waals surface area contributed by atoms with Crippen molar-refractivity contribution in [2.45, 2.75) is 0 Å². The largest absolute Gasteiger partial charge is 0.480 e. The van der Waals surface area contributed by atoms with Gasteiger partial charge in [0.25, 0.3) is 0 Å². The number of rotatable bonds is 3. The van der Waals surface area contributed by atoms with Gasteiger partial charge in [-0.2, -0.15) is 0 Å². The van der Waals surface area contributed by atoms with Gasteiger partial charge in [0.1, 0.15) is 0 Å². The van der Waals surface area contributed by atoms with Crippen LogP contribution in [0.15, 0.2) is 0 Å². The second-order valence-corrected chi connectivity index (χ2v) is 2.23. The Labute approximate surface area is 70.6 Å². The average Bonchev–Trinajstić information content (AvgIpc) is 1.85. The fraction of sp³-hybridized carbons (Fsp3) is 0.667. The van der Waals surface area contributed by atoms with Crippen molar-refractivity contribution in [3.63, 3.8) is 0 Å². The van der Waals surface area contributed by atoms with Gasteiger partial charge in [0.2, 0.25) is 0 Å². The Balaban J connectivity index is 0. The van der Waals surface area contributed by atoms with Crippen LogP contribution in [0, 0.1) is 0 Å².